The lowest BCUT2D eigenvalue weighted by molar-refractivity contribution is -0.127. The molecule has 0 bridgehead atoms. The third-order valence-electron chi connectivity index (χ3n) is 5.22. The number of carbonyl (C=O) groups is 1. The Bertz CT molecular complexity index is 477. The van der Waals surface area contributed by atoms with Crippen LogP contribution in [-0.2, 0) is 14.8 Å². The number of rotatable bonds is 3. The first-order chi connectivity index (χ1) is 9.80. The molecular weight excluding hydrogens is 288 g/mol. The van der Waals surface area contributed by atoms with Crippen LogP contribution in [0, 0.1) is 11.8 Å². The molecule has 1 amide bonds. The molecule has 1 aliphatic carbocycles. The average molecular weight is 316 g/mol. The van der Waals surface area contributed by atoms with E-state index in [-0.39, 0.29) is 11.9 Å². The topological polar surface area (TPSA) is 66.5 Å². The SMILES string of the molecule is CC1CCCC(NC(=O)C2CCCCN2S(C)(=O)=O)C1C. The lowest BCUT2D eigenvalue weighted by Gasteiger charge is -2.38. The lowest BCUT2D eigenvalue weighted by Crippen LogP contribution is -2.55. The number of hydrogen-bond donors (Lipinski definition) is 1. The van der Waals surface area contributed by atoms with E-state index in [1.165, 1.54) is 17.0 Å². The van der Waals surface area contributed by atoms with E-state index >= 15 is 0 Å². The molecule has 4 atom stereocenters. The minimum atomic E-state index is -3.31. The molecule has 2 rings (SSSR count). The molecule has 1 saturated heterocycles. The van der Waals surface area contributed by atoms with Gasteiger partial charge in [0.15, 0.2) is 0 Å². The third kappa shape index (κ3) is 3.97. The summed E-state index contributed by atoms with van der Waals surface area (Å²) >= 11 is 0. The summed E-state index contributed by atoms with van der Waals surface area (Å²) in [4.78, 5) is 12.6. The molecule has 6 heteroatoms. The van der Waals surface area contributed by atoms with Crippen LogP contribution in [-0.4, -0.2) is 43.5 Å². The quantitative estimate of drug-likeness (QED) is 0.862. The largest absolute Gasteiger partial charge is 0.352 e. The van der Waals surface area contributed by atoms with Crippen LogP contribution >= 0.6 is 0 Å². The Labute approximate surface area is 128 Å². The summed E-state index contributed by atoms with van der Waals surface area (Å²) in [5.41, 5.74) is 0. The van der Waals surface area contributed by atoms with E-state index in [1.807, 2.05) is 0 Å². The Morgan fingerprint density at radius 3 is 2.48 bits per heavy atom. The van der Waals surface area contributed by atoms with Crippen molar-refractivity contribution in [3.05, 3.63) is 0 Å². The van der Waals surface area contributed by atoms with E-state index in [0.717, 1.165) is 25.7 Å². The van der Waals surface area contributed by atoms with Gasteiger partial charge in [0, 0.05) is 12.6 Å². The van der Waals surface area contributed by atoms with Crippen molar-refractivity contribution >= 4 is 15.9 Å². The van der Waals surface area contributed by atoms with Gasteiger partial charge in [0.1, 0.15) is 6.04 Å². The molecule has 1 aliphatic heterocycles. The minimum absolute atomic E-state index is 0.105. The van der Waals surface area contributed by atoms with E-state index in [1.54, 1.807) is 0 Å². The standard InChI is InChI=1S/C15H28N2O3S/c1-11-7-6-8-13(12(11)2)16-15(18)14-9-4-5-10-17(14)21(3,19)20/h11-14H,4-10H2,1-3H3,(H,16,18). The molecular formula is C15H28N2O3S. The summed E-state index contributed by atoms with van der Waals surface area (Å²) in [5.74, 6) is 0.963. The highest BCUT2D eigenvalue weighted by Gasteiger charge is 2.36. The normalized spacial score (nSPS) is 35.4. The second-order valence-electron chi connectivity index (χ2n) is 6.77. The Balaban J connectivity index is 2.04. The molecule has 2 fully saturated rings. The highest BCUT2D eigenvalue weighted by atomic mass is 32.2. The van der Waals surface area contributed by atoms with Crippen molar-refractivity contribution in [2.24, 2.45) is 11.8 Å². The van der Waals surface area contributed by atoms with Crippen LogP contribution in [0.25, 0.3) is 0 Å². The fraction of sp³-hybridized carbons (Fsp3) is 0.933. The molecule has 5 nitrogen and oxygen atoms in total. The average Bonchev–Trinajstić information content (AvgIpc) is 2.43. The highest BCUT2D eigenvalue weighted by Crippen LogP contribution is 2.30. The van der Waals surface area contributed by atoms with Gasteiger partial charge in [-0.1, -0.05) is 33.1 Å². The second kappa shape index (κ2) is 6.65. The number of nitrogens with one attached hydrogen (secondary N) is 1. The summed E-state index contributed by atoms with van der Waals surface area (Å²) < 4.78 is 25.1. The molecule has 0 spiro atoms. The van der Waals surface area contributed by atoms with Gasteiger partial charge < -0.3 is 5.32 Å². The van der Waals surface area contributed by atoms with E-state index < -0.39 is 16.1 Å². The predicted octanol–water partition coefficient (Wildman–Crippen LogP) is 1.74. The van der Waals surface area contributed by atoms with Gasteiger partial charge in [-0.3, -0.25) is 4.79 Å². The molecule has 0 aromatic rings. The van der Waals surface area contributed by atoms with Crippen LogP contribution in [0.15, 0.2) is 0 Å². The molecule has 0 aromatic heterocycles. The van der Waals surface area contributed by atoms with Crippen LogP contribution in [0.5, 0.6) is 0 Å². The van der Waals surface area contributed by atoms with Crippen molar-refractivity contribution < 1.29 is 13.2 Å². The Kier molecular flexibility index (Phi) is 5.30. The fourth-order valence-corrected chi connectivity index (χ4v) is 4.75. The molecule has 4 unspecified atom stereocenters. The maximum Gasteiger partial charge on any atom is 0.238 e. The van der Waals surface area contributed by atoms with Crippen molar-refractivity contribution in [2.45, 2.75) is 64.5 Å². The van der Waals surface area contributed by atoms with Crippen molar-refractivity contribution in [1.29, 1.82) is 0 Å². The van der Waals surface area contributed by atoms with Crippen LogP contribution < -0.4 is 5.32 Å². The molecule has 21 heavy (non-hydrogen) atoms. The highest BCUT2D eigenvalue weighted by molar-refractivity contribution is 7.88. The van der Waals surface area contributed by atoms with Crippen LogP contribution in [0.3, 0.4) is 0 Å². The number of amides is 1. The molecule has 1 N–H and O–H groups in total. The number of carbonyl (C=O) groups excluding carboxylic acids is 1. The van der Waals surface area contributed by atoms with Gasteiger partial charge in [0.2, 0.25) is 15.9 Å². The predicted molar refractivity (Wildman–Crippen MR) is 83.3 cm³/mol. The summed E-state index contributed by atoms with van der Waals surface area (Å²) in [6.45, 7) is 4.88. The maximum absolute atomic E-state index is 12.6. The number of piperidine rings is 1. The minimum Gasteiger partial charge on any atom is -0.352 e. The summed E-state index contributed by atoms with van der Waals surface area (Å²) in [5, 5.41) is 3.13. The van der Waals surface area contributed by atoms with Crippen LogP contribution in [0.1, 0.15) is 52.4 Å². The second-order valence-corrected chi connectivity index (χ2v) is 8.70. The number of sulfonamides is 1. The zero-order valence-electron chi connectivity index (χ0n) is 13.3. The number of nitrogens with zero attached hydrogens (tertiary/aromatic N) is 1. The van der Waals surface area contributed by atoms with Gasteiger partial charge in [-0.2, -0.15) is 4.31 Å². The van der Waals surface area contributed by atoms with E-state index in [4.69, 9.17) is 0 Å². The number of hydrogen-bond acceptors (Lipinski definition) is 3. The third-order valence-corrected chi connectivity index (χ3v) is 6.51. The monoisotopic (exact) mass is 316 g/mol. The Morgan fingerprint density at radius 1 is 1.10 bits per heavy atom. The molecule has 1 saturated carbocycles. The van der Waals surface area contributed by atoms with Crippen molar-refractivity contribution in [1.82, 2.24) is 9.62 Å². The summed E-state index contributed by atoms with van der Waals surface area (Å²) in [7, 11) is -3.31. The van der Waals surface area contributed by atoms with Crippen LogP contribution in [0.2, 0.25) is 0 Å². The van der Waals surface area contributed by atoms with Gasteiger partial charge >= 0.3 is 0 Å². The smallest absolute Gasteiger partial charge is 0.238 e. The van der Waals surface area contributed by atoms with Crippen molar-refractivity contribution in [3.63, 3.8) is 0 Å². The molecule has 0 aromatic carbocycles. The van der Waals surface area contributed by atoms with Gasteiger partial charge in [0.25, 0.3) is 0 Å². The first-order valence-electron chi connectivity index (χ1n) is 8.08. The maximum atomic E-state index is 12.6. The summed E-state index contributed by atoms with van der Waals surface area (Å²) in [6, 6.07) is -0.331. The summed E-state index contributed by atoms with van der Waals surface area (Å²) in [6.07, 6.45) is 6.94. The molecule has 1 heterocycles. The van der Waals surface area contributed by atoms with Gasteiger partial charge in [-0.15, -0.1) is 0 Å². The first-order valence-corrected chi connectivity index (χ1v) is 9.92. The van der Waals surface area contributed by atoms with Crippen molar-refractivity contribution in [3.8, 4) is 0 Å². The van der Waals surface area contributed by atoms with E-state index in [2.05, 4.69) is 19.2 Å². The molecule has 2 aliphatic rings. The molecule has 122 valence electrons. The van der Waals surface area contributed by atoms with Gasteiger partial charge in [-0.05, 0) is 31.1 Å². The van der Waals surface area contributed by atoms with Crippen LogP contribution in [0.4, 0.5) is 0 Å². The van der Waals surface area contributed by atoms with Crippen molar-refractivity contribution in [2.75, 3.05) is 12.8 Å². The van der Waals surface area contributed by atoms with Gasteiger partial charge in [-0.25, -0.2) is 8.42 Å². The fourth-order valence-electron chi connectivity index (χ4n) is 3.63. The van der Waals surface area contributed by atoms with E-state index in [9.17, 15) is 13.2 Å². The van der Waals surface area contributed by atoms with Gasteiger partial charge in [0.05, 0.1) is 6.26 Å². The zero-order valence-corrected chi connectivity index (χ0v) is 14.2. The first kappa shape index (κ1) is 16.7. The van der Waals surface area contributed by atoms with E-state index in [0.29, 0.717) is 24.8 Å². The Morgan fingerprint density at radius 2 is 1.81 bits per heavy atom. The Hall–Kier alpha value is -0.620. The lowest BCUT2D eigenvalue weighted by atomic mass is 9.78. The molecule has 0 radical (unpaired) electrons. The zero-order chi connectivity index (χ0) is 15.6.